The predicted molar refractivity (Wildman–Crippen MR) is 75.8 cm³/mol. The standard InChI is InChI=1S/C12H21NO4S2/c1-2-3-7-17-8-4-6-13-19(15,16)12-5-9-18-11(12)10-14/h5,9,13-14H,2-4,6-8,10H2,1H3. The number of thiophene rings is 1. The van der Waals surface area contributed by atoms with Gasteiger partial charge in [0, 0.05) is 24.6 Å². The topological polar surface area (TPSA) is 75.6 Å². The Morgan fingerprint density at radius 3 is 2.79 bits per heavy atom. The van der Waals surface area contributed by atoms with E-state index in [1.807, 2.05) is 0 Å². The van der Waals surface area contributed by atoms with Gasteiger partial charge in [-0.2, -0.15) is 0 Å². The second-order valence-electron chi connectivity index (χ2n) is 4.08. The van der Waals surface area contributed by atoms with E-state index in [-0.39, 0.29) is 11.5 Å². The van der Waals surface area contributed by atoms with Crippen molar-refractivity contribution in [1.29, 1.82) is 0 Å². The third kappa shape index (κ3) is 5.58. The minimum Gasteiger partial charge on any atom is -0.391 e. The fourth-order valence-corrected chi connectivity index (χ4v) is 3.86. The first-order valence-corrected chi connectivity index (χ1v) is 8.72. The Balaban J connectivity index is 2.32. The molecule has 0 unspecified atom stereocenters. The lowest BCUT2D eigenvalue weighted by Gasteiger charge is -2.07. The molecule has 1 rings (SSSR count). The van der Waals surface area contributed by atoms with Crippen LogP contribution in [0.5, 0.6) is 0 Å². The first-order chi connectivity index (χ1) is 9.11. The number of hydrogen-bond donors (Lipinski definition) is 2. The van der Waals surface area contributed by atoms with Gasteiger partial charge in [-0.3, -0.25) is 0 Å². The molecule has 0 aliphatic carbocycles. The zero-order chi connectivity index (χ0) is 14.1. The molecule has 0 aliphatic rings. The van der Waals surface area contributed by atoms with Crippen molar-refractivity contribution < 1.29 is 18.3 Å². The van der Waals surface area contributed by atoms with Crippen LogP contribution in [-0.2, 0) is 21.4 Å². The molecule has 0 saturated heterocycles. The molecule has 0 bridgehead atoms. The summed E-state index contributed by atoms with van der Waals surface area (Å²) in [5, 5.41) is 10.7. The van der Waals surface area contributed by atoms with Gasteiger partial charge < -0.3 is 9.84 Å². The van der Waals surface area contributed by atoms with Gasteiger partial charge in [0.2, 0.25) is 10.0 Å². The summed E-state index contributed by atoms with van der Waals surface area (Å²) < 4.78 is 31.8. The Bertz CT molecular complexity index is 456. The molecule has 0 spiro atoms. The van der Waals surface area contributed by atoms with Crippen molar-refractivity contribution in [2.45, 2.75) is 37.7 Å². The van der Waals surface area contributed by atoms with Crippen LogP contribution in [0.15, 0.2) is 16.3 Å². The van der Waals surface area contributed by atoms with Gasteiger partial charge in [-0.15, -0.1) is 11.3 Å². The Hall–Kier alpha value is -0.470. The number of unbranched alkanes of at least 4 members (excludes halogenated alkanes) is 1. The molecule has 0 atom stereocenters. The van der Waals surface area contributed by atoms with Crippen LogP contribution in [-0.4, -0.2) is 33.3 Å². The lowest BCUT2D eigenvalue weighted by atomic mass is 10.4. The van der Waals surface area contributed by atoms with Gasteiger partial charge >= 0.3 is 0 Å². The molecule has 7 heteroatoms. The largest absolute Gasteiger partial charge is 0.391 e. The normalized spacial score (nSPS) is 11.9. The molecule has 0 aromatic carbocycles. The molecular weight excluding hydrogens is 286 g/mol. The molecule has 0 saturated carbocycles. The van der Waals surface area contributed by atoms with Crippen molar-refractivity contribution in [3.05, 3.63) is 16.3 Å². The second kappa shape index (κ2) is 8.65. The number of nitrogens with one attached hydrogen (secondary N) is 1. The highest BCUT2D eigenvalue weighted by Crippen LogP contribution is 2.21. The van der Waals surface area contributed by atoms with Crippen LogP contribution in [0.1, 0.15) is 31.1 Å². The highest BCUT2D eigenvalue weighted by atomic mass is 32.2. The van der Waals surface area contributed by atoms with Crippen molar-refractivity contribution in [3.8, 4) is 0 Å². The fraction of sp³-hybridized carbons (Fsp3) is 0.667. The van der Waals surface area contributed by atoms with E-state index in [0.717, 1.165) is 19.4 Å². The Labute approximate surface area is 118 Å². The zero-order valence-electron chi connectivity index (χ0n) is 11.1. The average molecular weight is 307 g/mol. The number of rotatable bonds is 10. The molecule has 1 heterocycles. The number of ether oxygens (including phenoxy) is 1. The highest BCUT2D eigenvalue weighted by Gasteiger charge is 2.18. The van der Waals surface area contributed by atoms with Crippen molar-refractivity contribution in [2.24, 2.45) is 0 Å². The lowest BCUT2D eigenvalue weighted by molar-refractivity contribution is 0.130. The summed E-state index contributed by atoms with van der Waals surface area (Å²) in [4.78, 5) is 0.638. The SMILES string of the molecule is CCCCOCCCNS(=O)(=O)c1ccsc1CO. The Kier molecular flexibility index (Phi) is 7.55. The van der Waals surface area contributed by atoms with Crippen molar-refractivity contribution in [3.63, 3.8) is 0 Å². The third-order valence-corrected chi connectivity index (χ3v) is 5.12. The van der Waals surface area contributed by atoms with Crippen LogP contribution in [0.4, 0.5) is 0 Å². The summed E-state index contributed by atoms with van der Waals surface area (Å²) in [6.07, 6.45) is 2.76. The lowest BCUT2D eigenvalue weighted by Crippen LogP contribution is -2.26. The first-order valence-electron chi connectivity index (χ1n) is 6.36. The van der Waals surface area contributed by atoms with Gasteiger partial charge in [0.25, 0.3) is 0 Å². The summed E-state index contributed by atoms with van der Waals surface area (Å²) in [6, 6.07) is 1.51. The second-order valence-corrected chi connectivity index (χ2v) is 6.82. The van der Waals surface area contributed by atoms with Crippen molar-refractivity contribution in [2.75, 3.05) is 19.8 Å². The smallest absolute Gasteiger partial charge is 0.241 e. The summed E-state index contributed by atoms with van der Waals surface area (Å²) in [5.41, 5.74) is 0. The maximum Gasteiger partial charge on any atom is 0.241 e. The van der Waals surface area contributed by atoms with Crippen LogP contribution >= 0.6 is 11.3 Å². The third-order valence-electron chi connectivity index (χ3n) is 2.54. The number of hydrogen-bond acceptors (Lipinski definition) is 5. The van der Waals surface area contributed by atoms with Crippen LogP contribution in [0.3, 0.4) is 0 Å². The maximum atomic E-state index is 12.0. The van der Waals surface area contributed by atoms with E-state index >= 15 is 0 Å². The highest BCUT2D eigenvalue weighted by molar-refractivity contribution is 7.89. The molecule has 2 N–H and O–H groups in total. The van der Waals surface area contributed by atoms with E-state index in [1.54, 1.807) is 5.38 Å². The van der Waals surface area contributed by atoms with Gasteiger partial charge in [-0.05, 0) is 24.3 Å². The van der Waals surface area contributed by atoms with Gasteiger partial charge in [0.15, 0.2) is 0 Å². The maximum absolute atomic E-state index is 12.0. The Morgan fingerprint density at radius 1 is 1.37 bits per heavy atom. The van der Waals surface area contributed by atoms with Crippen LogP contribution in [0.2, 0.25) is 0 Å². The zero-order valence-corrected chi connectivity index (χ0v) is 12.7. The molecule has 19 heavy (non-hydrogen) atoms. The molecule has 110 valence electrons. The molecule has 0 fully saturated rings. The molecule has 5 nitrogen and oxygen atoms in total. The molecule has 1 aromatic rings. The Morgan fingerprint density at radius 2 is 2.11 bits per heavy atom. The number of sulfonamides is 1. The first kappa shape index (κ1) is 16.6. The number of aliphatic hydroxyl groups is 1. The molecule has 0 aliphatic heterocycles. The number of aliphatic hydroxyl groups excluding tert-OH is 1. The van der Waals surface area contributed by atoms with Crippen LogP contribution in [0.25, 0.3) is 0 Å². The fourth-order valence-electron chi connectivity index (χ4n) is 1.49. The minimum atomic E-state index is -3.51. The average Bonchev–Trinajstić information content (AvgIpc) is 2.87. The molecule has 0 amide bonds. The van der Waals surface area contributed by atoms with Gasteiger partial charge in [-0.1, -0.05) is 13.3 Å². The predicted octanol–water partition coefficient (Wildman–Crippen LogP) is 1.73. The molecular formula is C12H21NO4S2. The molecule has 1 aromatic heterocycles. The summed E-state index contributed by atoms with van der Waals surface area (Å²) >= 11 is 1.24. The summed E-state index contributed by atoms with van der Waals surface area (Å²) in [5.74, 6) is 0. The molecule has 0 radical (unpaired) electrons. The van der Waals surface area contributed by atoms with E-state index in [4.69, 9.17) is 9.84 Å². The van der Waals surface area contributed by atoms with E-state index in [1.165, 1.54) is 17.4 Å². The minimum absolute atomic E-state index is 0.173. The van der Waals surface area contributed by atoms with E-state index in [2.05, 4.69) is 11.6 Å². The van der Waals surface area contributed by atoms with Crippen molar-refractivity contribution in [1.82, 2.24) is 4.72 Å². The van der Waals surface area contributed by atoms with Crippen LogP contribution in [0, 0.1) is 0 Å². The van der Waals surface area contributed by atoms with E-state index in [9.17, 15) is 8.42 Å². The van der Waals surface area contributed by atoms with E-state index < -0.39 is 10.0 Å². The van der Waals surface area contributed by atoms with Gasteiger partial charge in [-0.25, -0.2) is 13.1 Å². The van der Waals surface area contributed by atoms with Crippen molar-refractivity contribution >= 4 is 21.4 Å². The van der Waals surface area contributed by atoms with Gasteiger partial charge in [0.05, 0.1) is 11.5 Å². The quantitative estimate of drug-likeness (QED) is 0.645. The van der Waals surface area contributed by atoms with E-state index in [0.29, 0.717) is 24.4 Å². The van der Waals surface area contributed by atoms with Gasteiger partial charge in [0.1, 0.15) is 0 Å². The van der Waals surface area contributed by atoms with Crippen LogP contribution < -0.4 is 4.72 Å². The monoisotopic (exact) mass is 307 g/mol. The summed E-state index contributed by atoms with van der Waals surface area (Å²) in [6.45, 7) is 3.46. The summed E-state index contributed by atoms with van der Waals surface area (Å²) in [7, 11) is -3.51.